The molecule has 1 atom stereocenters. The zero-order valence-electron chi connectivity index (χ0n) is 11.4. The molecule has 0 spiro atoms. The van der Waals surface area contributed by atoms with Crippen LogP contribution in [0.25, 0.3) is 0 Å². The molecule has 1 saturated heterocycles. The Hall–Kier alpha value is -1.35. The van der Waals surface area contributed by atoms with Crippen molar-refractivity contribution in [3.05, 3.63) is 35.9 Å². The summed E-state index contributed by atoms with van der Waals surface area (Å²) in [5, 5.41) is 8.57. The van der Waals surface area contributed by atoms with Crippen molar-refractivity contribution in [1.29, 1.82) is 0 Å². The van der Waals surface area contributed by atoms with Crippen LogP contribution >= 0.6 is 0 Å². The van der Waals surface area contributed by atoms with Crippen LogP contribution in [0.4, 0.5) is 0 Å². The van der Waals surface area contributed by atoms with E-state index in [-0.39, 0.29) is 0 Å². The van der Waals surface area contributed by atoms with Crippen molar-refractivity contribution in [3.8, 4) is 0 Å². The molecule has 104 valence electrons. The van der Waals surface area contributed by atoms with Gasteiger partial charge in [0.15, 0.2) is 0 Å². The molecule has 2 rings (SSSR count). The lowest BCUT2D eigenvalue weighted by Gasteiger charge is -2.15. The zero-order chi connectivity index (χ0) is 13.5. The van der Waals surface area contributed by atoms with Crippen LogP contribution in [0.2, 0.25) is 0 Å². The van der Waals surface area contributed by atoms with Gasteiger partial charge in [-0.1, -0.05) is 36.8 Å². The lowest BCUT2D eigenvalue weighted by molar-refractivity contribution is -0.137. The molecular formula is C16H23NO2. The van der Waals surface area contributed by atoms with Gasteiger partial charge in [0.1, 0.15) is 0 Å². The van der Waals surface area contributed by atoms with Crippen LogP contribution in [-0.2, 0) is 4.79 Å². The molecule has 0 saturated carbocycles. The smallest absolute Gasteiger partial charge is 0.303 e. The summed E-state index contributed by atoms with van der Waals surface area (Å²) < 4.78 is 0. The molecule has 1 aromatic rings. The zero-order valence-corrected chi connectivity index (χ0v) is 11.4. The van der Waals surface area contributed by atoms with E-state index in [9.17, 15) is 4.79 Å². The second-order valence-corrected chi connectivity index (χ2v) is 5.40. The number of nitrogens with zero attached hydrogens (tertiary/aromatic N) is 1. The van der Waals surface area contributed by atoms with E-state index < -0.39 is 5.97 Å². The Balaban J connectivity index is 1.64. The fraction of sp³-hybridized carbons (Fsp3) is 0.562. The number of likely N-dealkylation sites (tertiary alicyclic amines) is 1. The molecule has 1 heterocycles. The lowest BCUT2D eigenvalue weighted by Crippen LogP contribution is -2.21. The van der Waals surface area contributed by atoms with Crippen molar-refractivity contribution < 1.29 is 9.90 Å². The Morgan fingerprint density at radius 1 is 1.21 bits per heavy atom. The average molecular weight is 261 g/mol. The van der Waals surface area contributed by atoms with Crippen LogP contribution in [0.5, 0.6) is 0 Å². The molecule has 0 aliphatic carbocycles. The van der Waals surface area contributed by atoms with Gasteiger partial charge in [-0.25, -0.2) is 0 Å². The Morgan fingerprint density at radius 3 is 2.74 bits per heavy atom. The first-order valence-corrected chi connectivity index (χ1v) is 7.25. The lowest BCUT2D eigenvalue weighted by atomic mass is 9.99. The first-order chi connectivity index (χ1) is 9.25. The Morgan fingerprint density at radius 2 is 2.00 bits per heavy atom. The maximum absolute atomic E-state index is 10.4. The third kappa shape index (κ3) is 4.67. The van der Waals surface area contributed by atoms with Gasteiger partial charge < -0.3 is 10.0 Å². The van der Waals surface area contributed by atoms with Crippen molar-refractivity contribution in [2.24, 2.45) is 0 Å². The van der Waals surface area contributed by atoms with E-state index in [0.717, 1.165) is 32.4 Å². The number of rotatable bonds is 7. The van der Waals surface area contributed by atoms with Gasteiger partial charge in [-0.2, -0.15) is 0 Å². The maximum Gasteiger partial charge on any atom is 0.303 e. The number of aliphatic carboxylic acids is 1. The Labute approximate surface area is 115 Å². The molecular weight excluding hydrogens is 238 g/mol. The Kier molecular flexibility index (Phi) is 5.40. The van der Waals surface area contributed by atoms with E-state index in [1.807, 2.05) is 0 Å². The maximum atomic E-state index is 10.4. The summed E-state index contributed by atoms with van der Waals surface area (Å²) in [7, 11) is 0. The fourth-order valence-electron chi connectivity index (χ4n) is 2.82. The summed E-state index contributed by atoms with van der Waals surface area (Å²) in [5.41, 5.74) is 1.45. The normalized spacial score (nSPS) is 19.7. The standard InChI is InChI=1S/C16H23NO2/c18-16(19)9-5-2-6-11-17-12-10-15(13-17)14-7-3-1-4-8-14/h1,3-4,7-8,15H,2,5-6,9-13H2,(H,18,19). The van der Waals surface area contributed by atoms with Gasteiger partial charge in [0, 0.05) is 13.0 Å². The molecule has 1 aliphatic rings. The Bertz CT molecular complexity index is 391. The van der Waals surface area contributed by atoms with Crippen LogP contribution in [0, 0.1) is 0 Å². The summed E-state index contributed by atoms with van der Waals surface area (Å²) in [6.07, 6.45) is 4.52. The van der Waals surface area contributed by atoms with Gasteiger partial charge in [0.05, 0.1) is 0 Å². The second-order valence-electron chi connectivity index (χ2n) is 5.40. The first-order valence-electron chi connectivity index (χ1n) is 7.25. The van der Waals surface area contributed by atoms with Crippen molar-refractivity contribution in [2.45, 2.75) is 38.0 Å². The van der Waals surface area contributed by atoms with Crippen molar-refractivity contribution in [1.82, 2.24) is 4.90 Å². The van der Waals surface area contributed by atoms with E-state index in [1.54, 1.807) is 0 Å². The quantitative estimate of drug-likeness (QED) is 0.767. The molecule has 1 aromatic carbocycles. The summed E-state index contributed by atoms with van der Waals surface area (Å²) in [4.78, 5) is 12.9. The monoisotopic (exact) mass is 261 g/mol. The molecule has 0 radical (unpaired) electrons. The average Bonchev–Trinajstić information content (AvgIpc) is 2.88. The van der Waals surface area contributed by atoms with E-state index in [0.29, 0.717) is 12.3 Å². The minimum absolute atomic E-state index is 0.312. The molecule has 1 fully saturated rings. The highest BCUT2D eigenvalue weighted by atomic mass is 16.4. The van der Waals surface area contributed by atoms with E-state index in [2.05, 4.69) is 35.2 Å². The number of unbranched alkanes of at least 4 members (excludes halogenated alkanes) is 2. The van der Waals surface area contributed by atoms with Crippen LogP contribution in [0.3, 0.4) is 0 Å². The van der Waals surface area contributed by atoms with Crippen molar-refractivity contribution >= 4 is 5.97 Å². The van der Waals surface area contributed by atoms with Gasteiger partial charge in [0.25, 0.3) is 0 Å². The summed E-state index contributed by atoms with van der Waals surface area (Å²) in [6.45, 7) is 3.45. The first kappa shape index (κ1) is 14.1. The predicted octanol–water partition coefficient (Wildman–Crippen LogP) is 3.12. The van der Waals surface area contributed by atoms with Gasteiger partial charge in [-0.05, 0) is 43.8 Å². The van der Waals surface area contributed by atoms with E-state index >= 15 is 0 Å². The molecule has 0 amide bonds. The third-order valence-corrected chi connectivity index (χ3v) is 3.91. The largest absolute Gasteiger partial charge is 0.481 e. The number of carbonyl (C=O) groups is 1. The molecule has 19 heavy (non-hydrogen) atoms. The van der Waals surface area contributed by atoms with Gasteiger partial charge in [0.2, 0.25) is 0 Å². The second kappa shape index (κ2) is 7.29. The van der Waals surface area contributed by atoms with E-state index in [1.165, 1.54) is 18.5 Å². The molecule has 1 N–H and O–H groups in total. The van der Waals surface area contributed by atoms with Crippen molar-refractivity contribution in [2.75, 3.05) is 19.6 Å². The molecule has 1 aliphatic heterocycles. The fourth-order valence-corrected chi connectivity index (χ4v) is 2.82. The molecule has 1 unspecified atom stereocenters. The summed E-state index contributed by atoms with van der Waals surface area (Å²) >= 11 is 0. The number of carboxylic acid groups (broad SMARTS) is 1. The van der Waals surface area contributed by atoms with Gasteiger partial charge >= 0.3 is 5.97 Å². The van der Waals surface area contributed by atoms with Crippen LogP contribution in [-0.4, -0.2) is 35.6 Å². The highest BCUT2D eigenvalue weighted by Crippen LogP contribution is 2.26. The SMILES string of the molecule is O=C(O)CCCCCN1CCC(c2ccccc2)C1. The third-order valence-electron chi connectivity index (χ3n) is 3.91. The number of benzene rings is 1. The van der Waals surface area contributed by atoms with Gasteiger partial charge in [-0.15, -0.1) is 0 Å². The van der Waals surface area contributed by atoms with Crippen LogP contribution < -0.4 is 0 Å². The molecule has 3 nitrogen and oxygen atoms in total. The molecule has 3 heteroatoms. The minimum atomic E-state index is -0.676. The number of hydrogen-bond donors (Lipinski definition) is 1. The predicted molar refractivity (Wildman–Crippen MR) is 76.3 cm³/mol. The summed E-state index contributed by atoms with van der Waals surface area (Å²) in [5.74, 6) is 0.00512. The highest BCUT2D eigenvalue weighted by molar-refractivity contribution is 5.66. The summed E-state index contributed by atoms with van der Waals surface area (Å²) in [6, 6.07) is 10.7. The molecule has 0 bridgehead atoms. The number of carboxylic acids is 1. The molecule has 0 aromatic heterocycles. The minimum Gasteiger partial charge on any atom is -0.481 e. The highest BCUT2D eigenvalue weighted by Gasteiger charge is 2.22. The van der Waals surface area contributed by atoms with Crippen LogP contribution in [0.1, 0.15) is 43.6 Å². The van der Waals surface area contributed by atoms with E-state index in [4.69, 9.17) is 5.11 Å². The van der Waals surface area contributed by atoms with Crippen LogP contribution in [0.15, 0.2) is 30.3 Å². The number of hydrogen-bond acceptors (Lipinski definition) is 2. The van der Waals surface area contributed by atoms with Gasteiger partial charge in [-0.3, -0.25) is 4.79 Å². The topological polar surface area (TPSA) is 40.5 Å². The van der Waals surface area contributed by atoms with Crippen molar-refractivity contribution in [3.63, 3.8) is 0 Å².